The lowest BCUT2D eigenvalue weighted by Gasteiger charge is -2.23. The predicted octanol–water partition coefficient (Wildman–Crippen LogP) is 7.76. The van der Waals surface area contributed by atoms with Gasteiger partial charge in [-0.15, -0.1) is 6.58 Å². The maximum Gasteiger partial charge on any atom is 0.207 e. The Morgan fingerprint density at radius 1 is 1.03 bits per heavy atom. The Morgan fingerprint density at radius 2 is 1.74 bits per heavy atom. The SMILES string of the molecule is C=CCCc1cc2c(c(F)c1F)Oc1c(ccc(OCC(C)CCC(C)CC)c1F)C2. The molecule has 0 fully saturated rings. The molecular weight excluding hydrogens is 401 g/mol. The zero-order valence-electron chi connectivity index (χ0n) is 18.6. The number of hydrogen-bond acceptors (Lipinski definition) is 2. The molecule has 2 unspecified atom stereocenters. The summed E-state index contributed by atoms with van der Waals surface area (Å²) < 4.78 is 55.4. The van der Waals surface area contributed by atoms with Crippen LogP contribution in [0.25, 0.3) is 0 Å². The van der Waals surface area contributed by atoms with Gasteiger partial charge < -0.3 is 9.47 Å². The van der Waals surface area contributed by atoms with Gasteiger partial charge in [0.25, 0.3) is 0 Å². The van der Waals surface area contributed by atoms with Gasteiger partial charge in [0.2, 0.25) is 11.6 Å². The first-order valence-electron chi connectivity index (χ1n) is 11.1. The van der Waals surface area contributed by atoms with Crippen LogP contribution >= 0.6 is 0 Å². The summed E-state index contributed by atoms with van der Waals surface area (Å²) in [5.41, 5.74) is 1.37. The lowest BCUT2D eigenvalue weighted by molar-refractivity contribution is 0.231. The van der Waals surface area contributed by atoms with E-state index in [1.165, 1.54) is 0 Å². The summed E-state index contributed by atoms with van der Waals surface area (Å²) in [5.74, 6) is -2.03. The van der Waals surface area contributed by atoms with Crippen LogP contribution in [0, 0.1) is 29.3 Å². The third-order valence-electron chi connectivity index (χ3n) is 6.03. The van der Waals surface area contributed by atoms with Gasteiger partial charge in [-0.3, -0.25) is 0 Å². The van der Waals surface area contributed by atoms with Gasteiger partial charge in [0.05, 0.1) is 6.61 Å². The fraction of sp³-hybridized carbons (Fsp3) is 0.462. The fourth-order valence-electron chi connectivity index (χ4n) is 3.74. The summed E-state index contributed by atoms with van der Waals surface area (Å²) in [4.78, 5) is 0. The zero-order chi connectivity index (χ0) is 22.5. The average molecular weight is 433 g/mol. The number of hydrogen-bond donors (Lipinski definition) is 0. The van der Waals surface area contributed by atoms with E-state index >= 15 is 4.39 Å². The molecule has 0 saturated carbocycles. The molecule has 0 aromatic heterocycles. The third kappa shape index (κ3) is 5.25. The van der Waals surface area contributed by atoms with Gasteiger partial charge in [-0.25, -0.2) is 4.39 Å². The lowest BCUT2D eigenvalue weighted by Crippen LogP contribution is -2.13. The first kappa shape index (κ1) is 23.2. The summed E-state index contributed by atoms with van der Waals surface area (Å²) >= 11 is 0. The van der Waals surface area contributed by atoms with E-state index < -0.39 is 17.5 Å². The van der Waals surface area contributed by atoms with Crippen LogP contribution in [0.2, 0.25) is 0 Å². The molecule has 0 N–H and O–H groups in total. The number of ether oxygens (including phenoxy) is 2. The molecule has 1 aliphatic heterocycles. The normalized spacial score (nSPS) is 14.3. The van der Waals surface area contributed by atoms with Crippen molar-refractivity contribution in [2.24, 2.45) is 11.8 Å². The molecule has 2 aromatic carbocycles. The van der Waals surface area contributed by atoms with Crippen LogP contribution in [-0.4, -0.2) is 6.61 Å². The number of rotatable bonds is 10. The van der Waals surface area contributed by atoms with E-state index in [9.17, 15) is 8.78 Å². The maximum absolute atomic E-state index is 15.1. The molecule has 2 aromatic rings. The third-order valence-corrected chi connectivity index (χ3v) is 6.03. The number of benzene rings is 2. The van der Waals surface area contributed by atoms with Crippen molar-refractivity contribution in [1.29, 1.82) is 0 Å². The highest BCUT2D eigenvalue weighted by Crippen LogP contribution is 2.43. The van der Waals surface area contributed by atoms with E-state index in [1.807, 2.05) is 0 Å². The Balaban J connectivity index is 1.75. The van der Waals surface area contributed by atoms with Gasteiger partial charge in [-0.05, 0) is 48.8 Å². The lowest BCUT2D eigenvalue weighted by atomic mass is 9.96. The van der Waals surface area contributed by atoms with Gasteiger partial charge in [-0.1, -0.05) is 45.8 Å². The highest BCUT2D eigenvalue weighted by atomic mass is 19.2. The van der Waals surface area contributed by atoms with E-state index in [0.29, 0.717) is 36.5 Å². The van der Waals surface area contributed by atoms with Crippen molar-refractivity contribution >= 4 is 0 Å². The van der Waals surface area contributed by atoms with Gasteiger partial charge in [0, 0.05) is 17.5 Å². The van der Waals surface area contributed by atoms with Crippen molar-refractivity contribution in [3.05, 3.63) is 65.0 Å². The minimum absolute atomic E-state index is 0.0704. The van der Waals surface area contributed by atoms with Crippen LogP contribution in [0.1, 0.15) is 63.1 Å². The van der Waals surface area contributed by atoms with Crippen LogP contribution in [0.15, 0.2) is 30.9 Å². The molecule has 2 atom stereocenters. The Morgan fingerprint density at radius 3 is 2.45 bits per heavy atom. The van der Waals surface area contributed by atoms with E-state index in [0.717, 1.165) is 19.3 Å². The van der Waals surface area contributed by atoms with Gasteiger partial charge in [0.1, 0.15) is 0 Å². The quantitative estimate of drug-likeness (QED) is 0.305. The summed E-state index contributed by atoms with van der Waals surface area (Å²) in [6.45, 7) is 10.5. The van der Waals surface area contributed by atoms with Crippen LogP contribution < -0.4 is 9.47 Å². The highest BCUT2D eigenvalue weighted by molar-refractivity contribution is 5.54. The summed E-state index contributed by atoms with van der Waals surface area (Å²) in [6, 6.07) is 4.91. The van der Waals surface area contributed by atoms with Gasteiger partial charge in [-0.2, -0.15) is 8.78 Å². The number of aryl methyl sites for hydroxylation is 1. The zero-order valence-corrected chi connectivity index (χ0v) is 18.6. The molecule has 2 nitrogen and oxygen atoms in total. The Bertz CT molecular complexity index is 939. The van der Waals surface area contributed by atoms with E-state index in [4.69, 9.17) is 9.47 Å². The van der Waals surface area contributed by atoms with Crippen LogP contribution in [0.5, 0.6) is 17.2 Å². The number of fused-ring (bicyclic) bond motifs is 2. The summed E-state index contributed by atoms with van der Waals surface area (Å²) in [6.07, 6.45) is 6.06. The van der Waals surface area contributed by atoms with Crippen LogP contribution in [-0.2, 0) is 12.8 Å². The topological polar surface area (TPSA) is 18.5 Å². The molecule has 0 saturated heterocycles. The highest BCUT2D eigenvalue weighted by Gasteiger charge is 2.28. The molecule has 31 heavy (non-hydrogen) atoms. The molecule has 0 amide bonds. The van der Waals surface area contributed by atoms with Crippen LogP contribution in [0.4, 0.5) is 13.2 Å². The molecule has 0 aliphatic carbocycles. The molecule has 5 heteroatoms. The number of halogens is 3. The van der Waals surface area contributed by atoms with Gasteiger partial charge >= 0.3 is 0 Å². The second-order valence-electron chi connectivity index (χ2n) is 8.63. The number of allylic oxidation sites excluding steroid dienone is 1. The molecule has 3 rings (SSSR count). The molecule has 0 radical (unpaired) electrons. The molecule has 0 bridgehead atoms. The molecule has 0 spiro atoms. The second-order valence-corrected chi connectivity index (χ2v) is 8.63. The predicted molar refractivity (Wildman–Crippen MR) is 118 cm³/mol. The Kier molecular flexibility index (Phi) is 7.69. The smallest absolute Gasteiger partial charge is 0.207 e. The maximum atomic E-state index is 15.1. The van der Waals surface area contributed by atoms with Crippen molar-refractivity contribution in [1.82, 2.24) is 0 Å². The Labute approximate surface area is 183 Å². The first-order valence-corrected chi connectivity index (χ1v) is 11.1. The van der Waals surface area contributed by atoms with E-state index in [-0.39, 0.29) is 35.2 Å². The average Bonchev–Trinajstić information content (AvgIpc) is 2.77. The van der Waals surface area contributed by atoms with Gasteiger partial charge in [0.15, 0.2) is 23.1 Å². The minimum atomic E-state index is -1.08. The van der Waals surface area contributed by atoms with E-state index in [2.05, 4.69) is 27.4 Å². The standard InChI is InChI=1S/C26H31F3O2/c1-5-7-8-18-13-20-14-19-11-12-21(30-15-17(4)10-9-16(3)6-2)23(28)25(19)31-26(20)24(29)22(18)27/h5,11-13,16-17H,1,6-10,14-15H2,2-4H3. The summed E-state index contributed by atoms with van der Waals surface area (Å²) in [5, 5.41) is 0. The van der Waals surface area contributed by atoms with Crippen molar-refractivity contribution < 1.29 is 22.6 Å². The Hall–Kier alpha value is -2.43. The molecule has 1 aliphatic rings. The largest absolute Gasteiger partial charge is 0.490 e. The van der Waals surface area contributed by atoms with Crippen molar-refractivity contribution in [2.75, 3.05) is 6.61 Å². The molecule has 168 valence electrons. The first-order chi connectivity index (χ1) is 14.8. The van der Waals surface area contributed by atoms with Crippen molar-refractivity contribution in [3.8, 4) is 17.2 Å². The van der Waals surface area contributed by atoms with Crippen molar-refractivity contribution in [2.45, 2.75) is 59.3 Å². The molecule has 1 heterocycles. The summed E-state index contributed by atoms with van der Waals surface area (Å²) in [7, 11) is 0. The fourth-order valence-corrected chi connectivity index (χ4v) is 3.74. The monoisotopic (exact) mass is 432 g/mol. The molecular formula is C26H31F3O2. The van der Waals surface area contributed by atoms with Crippen LogP contribution in [0.3, 0.4) is 0 Å². The van der Waals surface area contributed by atoms with E-state index in [1.54, 1.807) is 24.3 Å². The second kappa shape index (κ2) is 10.3. The minimum Gasteiger partial charge on any atom is -0.490 e. The van der Waals surface area contributed by atoms with Crippen molar-refractivity contribution in [3.63, 3.8) is 0 Å².